The number of hydrogen-bond acceptors (Lipinski definition) is 3. The van der Waals surface area contributed by atoms with E-state index in [-0.39, 0.29) is 17.8 Å². The minimum absolute atomic E-state index is 0.0165. The summed E-state index contributed by atoms with van der Waals surface area (Å²) < 4.78 is 1.90. The Balaban J connectivity index is 1.68. The molecule has 0 radical (unpaired) electrons. The predicted molar refractivity (Wildman–Crippen MR) is 80.0 cm³/mol. The second kappa shape index (κ2) is 7.33. The normalized spacial score (nSPS) is 11.9. The zero-order valence-electron chi connectivity index (χ0n) is 12.0. The number of aromatic nitrogens is 2. The van der Waals surface area contributed by atoms with E-state index in [1.807, 2.05) is 29.8 Å². The molecule has 6 nitrogen and oxygen atoms in total. The summed E-state index contributed by atoms with van der Waals surface area (Å²) in [4.78, 5) is 15.7. The van der Waals surface area contributed by atoms with Crippen LogP contribution in [0.3, 0.4) is 0 Å². The number of nitrogens with zero attached hydrogens (tertiary/aromatic N) is 2. The molecular weight excluding hydrogens is 268 g/mol. The second-order valence-electron chi connectivity index (χ2n) is 4.97. The summed E-state index contributed by atoms with van der Waals surface area (Å²) in [6.45, 7) is 3.19. The van der Waals surface area contributed by atoms with Crippen molar-refractivity contribution in [2.24, 2.45) is 0 Å². The van der Waals surface area contributed by atoms with Crippen LogP contribution in [0.5, 0.6) is 5.75 Å². The zero-order valence-corrected chi connectivity index (χ0v) is 12.0. The number of carbonyl (C=O) groups excluding carboxylic acids is 1. The van der Waals surface area contributed by atoms with Crippen LogP contribution in [0.25, 0.3) is 0 Å². The lowest BCUT2D eigenvalue weighted by Gasteiger charge is -2.15. The Labute approximate surface area is 123 Å². The highest BCUT2D eigenvalue weighted by Crippen LogP contribution is 2.11. The summed E-state index contributed by atoms with van der Waals surface area (Å²) in [6, 6.07) is 6.83. The van der Waals surface area contributed by atoms with Crippen LogP contribution in [0.2, 0.25) is 0 Å². The first-order chi connectivity index (χ1) is 10.1. The molecule has 0 saturated heterocycles. The van der Waals surface area contributed by atoms with E-state index in [1.165, 1.54) is 0 Å². The van der Waals surface area contributed by atoms with Gasteiger partial charge in [-0.15, -0.1) is 0 Å². The number of hydrogen-bond donors (Lipinski definition) is 3. The van der Waals surface area contributed by atoms with Crippen molar-refractivity contribution in [2.45, 2.75) is 25.9 Å². The van der Waals surface area contributed by atoms with Crippen molar-refractivity contribution in [3.05, 3.63) is 48.5 Å². The number of carbonyl (C=O) groups is 1. The van der Waals surface area contributed by atoms with Gasteiger partial charge in [0.25, 0.3) is 0 Å². The third-order valence-electron chi connectivity index (χ3n) is 3.07. The summed E-state index contributed by atoms with van der Waals surface area (Å²) in [5.74, 6) is 0.247. The van der Waals surface area contributed by atoms with Crippen molar-refractivity contribution in [1.29, 1.82) is 0 Å². The number of benzene rings is 1. The summed E-state index contributed by atoms with van der Waals surface area (Å²) in [7, 11) is 0. The van der Waals surface area contributed by atoms with Crippen LogP contribution >= 0.6 is 0 Å². The molecule has 0 aliphatic carbocycles. The minimum atomic E-state index is -0.179. The molecule has 1 atom stereocenters. The lowest BCUT2D eigenvalue weighted by atomic mass is 10.1. The number of aromatic hydroxyl groups is 1. The maximum atomic E-state index is 11.7. The number of rotatable bonds is 6. The van der Waals surface area contributed by atoms with Crippen LogP contribution in [-0.2, 0) is 13.0 Å². The molecule has 1 heterocycles. The maximum Gasteiger partial charge on any atom is 0.315 e. The van der Waals surface area contributed by atoms with Crippen LogP contribution in [0.15, 0.2) is 43.0 Å². The van der Waals surface area contributed by atoms with Gasteiger partial charge in [0.15, 0.2) is 0 Å². The first-order valence-electron chi connectivity index (χ1n) is 6.91. The van der Waals surface area contributed by atoms with Crippen LogP contribution in [0.4, 0.5) is 4.79 Å². The Morgan fingerprint density at radius 1 is 1.38 bits per heavy atom. The molecule has 112 valence electrons. The van der Waals surface area contributed by atoms with Crippen molar-refractivity contribution < 1.29 is 9.90 Å². The minimum Gasteiger partial charge on any atom is -0.508 e. The molecule has 0 spiro atoms. The highest BCUT2D eigenvalue weighted by Gasteiger charge is 2.07. The molecule has 0 aliphatic rings. The van der Waals surface area contributed by atoms with E-state index in [2.05, 4.69) is 15.6 Å². The predicted octanol–water partition coefficient (Wildman–Crippen LogP) is 1.52. The van der Waals surface area contributed by atoms with Gasteiger partial charge in [-0.1, -0.05) is 12.1 Å². The van der Waals surface area contributed by atoms with Crippen molar-refractivity contribution in [3.8, 4) is 5.75 Å². The highest BCUT2D eigenvalue weighted by atomic mass is 16.3. The molecule has 2 rings (SSSR count). The van der Waals surface area contributed by atoms with E-state index < -0.39 is 0 Å². The fraction of sp³-hybridized carbons (Fsp3) is 0.333. The van der Waals surface area contributed by atoms with E-state index in [9.17, 15) is 9.90 Å². The van der Waals surface area contributed by atoms with Gasteiger partial charge in [0, 0.05) is 31.5 Å². The van der Waals surface area contributed by atoms with Gasteiger partial charge in [0.1, 0.15) is 5.75 Å². The van der Waals surface area contributed by atoms with Crippen molar-refractivity contribution in [3.63, 3.8) is 0 Å². The van der Waals surface area contributed by atoms with Gasteiger partial charge in [0.05, 0.1) is 6.33 Å². The van der Waals surface area contributed by atoms with Gasteiger partial charge < -0.3 is 20.3 Å². The Morgan fingerprint density at radius 3 is 2.81 bits per heavy atom. The van der Waals surface area contributed by atoms with Gasteiger partial charge in [-0.3, -0.25) is 0 Å². The van der Waals surface area contributed by atoms with E-state index >= 15 is 0 Å². The molecule has 3 N–H and O–H groups in total. The Kier molecular flexibility index (Phi) is 5.20. The first kappa shape index (κ1) is 14.9. The van der Waals surface area contributed by atoms with Gasteiger partial charge in [-0.05, 0) is 31.0 Å². The number of urea groups is 1. The third-order valence-corrected chi connectivity index (χ3v) is 3.07. The first-order valence-corrected chi connectivity index (χ1v) is 6.91. The van der Waals surface area contributed by atoms with Gasteiger partial charge in [-0.25, -0.2) is 9.78 Å². The number of imidazole rings is 1. The fourth-order valence-electron chi connectivity index (χ4n) is 2.03. The standard InChI is InChI=1S/C15H20N4O2/c1-12(10-13-2-4-14(20)5-3-13)18-15(21)17-7-9-19-8-6-16-11-19/h2-6,8,11-12,20H,7,9-10H2,1H3,(H2,17,18,21). The van der Waals surface area contributed by atoms with Crippen molar-refractivity contribution in [1.82, 2.24) is 20.2 Å². The van der Waals surface area contributed by atoms with Crippen molar-refractivity contribution >= 4 is 6.03 Å². The van der Waals surface area contributed by atoms with Crippen LogP contribution in [0.1, 0.15) is 12.5 Å². The molecule has 0 bridgehead atoms. The van der Waals surface area contributed by atoms with Crippen LogP contribution < -0.4 is 10.6 Å². The molecule has 21 heavy (non-hydrogen) atoms. The third kappa shape index (κ3) is 5.18. The smallest absolute Gasteiger partial charge is 0.315 e. The van der Waals surface area contributed by atoms with E-state index in [1.54, 1.807) is 24.7 Å². The Hall–Kier alpha value is -2.50. The molecule has 0 fully saturated rings. The van der Waals surface area contributed by atoms with Crippen LogP contribution in [0, 0.1) is 0 Å². The molecule has 2 aromatic rings. The zero-order chi connectivity index (χ0) is 15.1. The molecule has 1 aromatic carbocycles. The molecule has 0 aliphatic heterocycles. The average molecular weight is 288 g/mol. The summed E-state index contributed by atoms with van der Waals surface area (Å²) in [6.07, 6.45) is 6.00. The fourth-order valence-corrected chi connectivity index (χ4v) is 2.03. The topological polar surface area (TPSA) is 79.2 Å². The van der Waals surface area contributed by atoms with Gasteiger partial charge in [-0.2, -0.15) is 0 Å². The average Bonchev–Trinajstić information content (AvgIpc) is 2.94. The quantitative estimate of drug-likeness (QED) is 0.754. The maximum absolute atomic E-state index is 11.7. The van der Waals surface area contributed by atoms with E-state index in [4.69, 9.17) is 0 Å². The molecule has 2 amide bonds. The molecule has 6 heteroatoms. The Bertz CT molecular complexity index is 552. The van der Waals surface area contributed by atoms with Gasteiger partial charge in [0.2, 0.25) is 0 Å². The number of amides is 2. The van der Waals surface area contributed by atoms with E-state index in [0.29, 0.717) is 13.1 Å². The summed E-state index contributed by atoms with van der Waals surface area (Å²) in [5, 5.41) is 14.9. The lowest BCUT2D eigenvalue weighted by Crippen LogP contribution is -2.42. The summed E-state index contributed by atoms with van der Waals surface area (Å²) in [5.41, 5.74) is 1.07. The van der Waals surface area contributed by atoms with Crippen LogP contribution in [-0.4, -0.2) is 33.3 Å². The SMILES string of the molecule is CC(Cc1ccc(O)cc1)NC(=O)NCCn1ccnc1. The van der Waals surface area contributed by atoms with Gasteiger partial charge >= 0.3 is 6.03 Å². The molecular formula is C15H20N4O2. The number of nitrogens with one attached hydrogen (secondary N) is 2. The van der Waals surface area contributed by atoms with E-state index in [0.717, 1.165) is 12.0 Å². The summed E-state index contributed by atoms with van der Waals surface area (Å²) >= 11 is 0. The highest BCUT2D eigenvalue weighted by molar-refractivity contribution is 5.74. The monoisotopic (exact) mass is 288 g/mol. The second-order valence-corrected chi connectivity index (χ2v) is 4.97. The number of phenols is 1. The number of phenolic OH excluding ortho intramolecular Hbond substituents is 1. The largest absolute Gasteiger partial charge is 0.508 e. The molecule has 1 aromatic heterocycles. The Morgan fingerprint density at radius 2 is 2.14 bits per heavy atom. The lowest BCUT2D eigenvalue weighted by molar-refractivity contribution is 0.237. The van der Waals surface area contributed by atoms with Crippen molar-refractivity contribution in [2.75, 3.05) is 6.54 Å². The molecule has 1 unspecified atom stereocenters. The molecule has 0 saturated carbocycles.